The van der Waals surface area contributed by atoms with Crippen LogP contribution in [-0.2, 0) is 0 Å². The molecule has 0 unspecified atom stereocenters. The van der Waals surface area contributed by atoms with Crippen molar-refractivity contribution in [1.82, 2.24) is 0 Å². The van der Waals surface area contributed by atoms with E-state index in [4.69, 9.17) is 0 Å². The quantitative estimate of drug-likeness (QED) is 0.429. The van der Waals surface area contributed by atoms with Crippen molar-refractivity contribution in [2.75, 3.05) is 0 Å². The minimum Gasteiger partial charge on any atom is -0.136 e. The van der Waals surface area contributed by atoms with Crippen LogP contribution in [0.5, 0.6) is 0 Å². The Bertz CT molecular complexity index is 99.1. The Morgan fingerprint density at radius 3 is 1.09 bits per heavy atom. The summed E-state index contributed by atoms with van der Waals surface area (Å²) in [5.74, 6) is 0. The molecule has 0 heterocycles. The van der Waals surface area contributed by atoms with Crippen molar-refractivity contribution in [3.05, 3.63) is 0 Å². The molecule has 0 aromatic carbocycles. The average molecular weight is 235 g/mol. The van der Waals surface area contributed by atoms with Crippen LogP contribution in [0.15, 0.2) is 0 Å². The minimum absolute atomic E-state index is 0. The van der Waals surface area contributed by atoms with Crippen LogP contribution < -0.4 is 0 Å². The van der Waals surface area contributed by atoms with Gasteiger partial charge in [-0.15, -0.1) is 25.3 Å². The first-order chi connectivity index (χ1) is 4.54. The van der Waals surface area contributed by atoms with E-state index < -0.39 is 0 Å². The summed E-state index contributed by atoms with van der Waals surface area (Å²) in [6.45, 7) is 3.96. The summed E-state index contributed by atoms with van der Waals surface area (Å²) in [5.41, 5.74) is 0. The number of thiocarbonyl (C=S) groups is 2. The fraction of sp³-hybridized carbons (Fsp3) is 0.667. The molecule has 0 saturated heterocycles. The number of hydrogen-bond acceptors (Lipinski definition) is 2. The second-order valence-electron chi connectivity index (χ2n) is 1.49. The molecular weight excluding hydrogens is 223 g/mol. The van der Waals surface area contributed by atoms with E-state index in [0.717, 1.165) is 21.2 Å². The Morgan fingerprint density at radius 1 is 1.00 bits per heavy atom. The third kappa shape index (κ3) is 33.5. The topological polar surface area (TPSA) is 0 Å². The monoisotopic (exact) mass is 235 g/mol. The molecular formula is C6H12NaS4. The van der Waals surface area contributed by atoms with Gasteiger partial charge in [0.25, 0.3) is 0 Å². The zero-order valence-electron chi connectivity index (χ0n) is 7.13. The van der Waals surface area contributed by atoms with Crippen LogP contribution in [0, 0.1) is 0 Å². The van der Waals surface area contributed by atoms with E-state index in [2.05, 4.69) is 49.7 Å². The van der Waals surface area contributed by atoms with Crippen molar-refractivity contribution in [1.29, 1.82) is 0 Å². The standard InChI is InChI=1S/2C3H6S2.Na/c2*1-2-3(4)5;/h2*2H2,1H3,(H,4,5);. The summed E-state index contributed by atoms with van der Waals surface area (Å²) in [4.78, 5) is 0. The molecule has 0 aliphatic rings. The number of hydrogen-bond donors (Lipinski definition) is 2. The molecule has 0 nitrogen and oxygen atoms in total. The van der Waals surface area contributed by atoms with Crippen LogP contribution in [0.25, 0.3) is 0 Å². The van der Waals surface area contributed by atoms with Gasteiger partial charge in [0, 0.05) is 38.0 Å². The Balaban J connectivity index is -0.000000107. The minimum atomic E-state index is 0. The third-order valence-corrected chi connectivity index (χ3v) is 1.81. The fourth-order valence-electron chi connectivity index (χ4n) is 0. The molecule has 0 aliphatic heterocycles. The van der Waals surface area contributed by atoms with Gasteiger partial charge < -0.3 is 0 Å². The van der Waals surface area contributed by atoms with E-state index >= 15 is 0 Å². The molecule has 0 fully saturated rings. The van der Waals surface area contributed by atoms with Crippen LogP contribution >= 0.6 is 49.7 Å². The van der Waals surface area contributed by atoms with Crippen molar-refractivity contribution >= 4 is 87.6 Å². The van der Waals surface area contributed by atoms with Crippen LogP contribution in [-0.4, -0.2) is 38.0 Å². The maximum Gasteiger partial charge on any atom is 0.0445 e. The maximum atomic E-state index is 4.56. The van der Waals surface area contributed by atoms with Gasteiger partial charge in [0.05, 0.1) is 0 Å². The summed E-state index contributed by atoms with van der Waals surface area (Å²) >= 11 is 16.8. The van der Waals surface area contributed by atoms with E-state index in [0.29, 0.717) is 0 Å². The average Bonchev–Trinajstić information content (AvgIpc) is 1.89. The molecule has 0 saturated carbocycles. The SMILES string of the molecule is CCC(=S)S.CCC(=S)S.[Na]. The van der Waals surface area contributed by atoms with Gasteiger partial charge in [-0.05, 0) is 12.8 Å². The van der Waals surface area contributed by atoms with Gasteiger partial charge in [-0.3, -0.25) is 0 Å². The normalized spacial score (nSPS) is 6.91. The molecule has 61 valence electrons. The van der Waals surface area contributed by atoms with Gasteiger partial charge in [0.1, 0.15) is 0 Å². The molecule has 5 heteroatoms. The van der Waals surface area contributed by atoms with Gasteiger partial charge in [0.2, 0.25) is 0 Å². The Labute approximate surface area is 113 Å². The second kappa shape index (κ2) is 14.4. The van der Waals surface area contributed by atoms with Crippen LogP contribution in [0.3, 0.4) is 0 Å². The van der Waals surface area contributed by atoms with Crippen LogP contribution in [0.2, 0.25) is 0 Å². The molecule has 0 N–H and O–H groups in total. The molecule has 0 rings (SSSR count). The zero-order chi connectivity index (χ0) is 8.57. The smallest absolute Gasteiger partial charge is 0.0445 e. The van der Waals surface area contributed by atoms with Crippen molar-refractivity contribution in [3.63, 3.8) is 0 Å². The molecule has 1 radical (unpaired) electrons. The molecule has 0 amide bonds. The first-order valence-electron chi connectivity index (χ1n) is 2.98. The molecule has 0 aromatic rings. The molecule has 0 atom stereocenters. The van der Waals surface area contributed by atoms with Gasteiger partial charge in [-0.1, -0.05) is 38.3 Å². The first-order valence-corrected chi connectivity index (χ1v) is 4.69. The summed E-state index contributed by atoms with van der Waals surface area (Å²) in [6.07, 6.45) is 1.80. The molecule has 11 heavy (non-hydrogen) atoms. The van der Waals surface area contributed by atoms with Crippen molar-refractivity contribution < 1.29 is 0 Å². The van der Waals surface area contributed by atoms with Gasteiger partial charge >= 0.3 is 0 Å². The third-order valence-electron chi connectivity index (χ3n) is 0.605. The number of rotatable bonds is 2. The summed E-state index contributed by atoms with van der Waals surface area (Å²) in [6, 6.07) is 0. The molecule has 0 aromatic heterocycles. The van der Waals surface area contributed by atoms with E-state index in [1.54, 1.807) is 0 Å². The fourth-order valence-corrected chi connectivity index (χ4v) is 0. The first kappa shape index (κ1) is 18.6. The molecule has 0 spiro atoms. The van der Waals surface area contributed by atoms with Crippen LogP contribution in [0.1, 0.15) is 26.7 Å². The van der Waals surface area contributed by atoms with Crippen LogP contribution in [0.4, 0.5) is 0 Å². The maximum absolute atomic E-state index is 4.56. The molecule has 0 aliphatic carbocycles. The van der Waals surface area contributed by atoms with E-state index in [9.17, 15) is 0 Å². The van der Waals surface area contributed by atoms with Gasteiger partial charge in [-0.25, -0.2) is 0 Å². The molecule has 0 bridgehead atoms. The second-order valence-corrected chi connectivity index (χ2v) is 4.16. The van der Waals surface area contributed by atoms with Gasteiger partial charge in [0.15, 0.2) is 0 Å². The van der Waals surface area contributed by atoms with E-state index in [1.165, 1.54) is 0 Å². The zero-order valence-corrected chi connectivity index (χ0v) is 12.5. The predicted octanol–water partition coefficient (Wildman–Crippen LogP) is 2.93. The van der Waals surface area contributed by atoms with Gasteiger partial charge in [-0.2, -0.15) is 0 Å². The summed E-state index contributed by atoms with van der Waals surface area (Å²) in [7, 11) is 0. The largest absolute Gasteiger partial charge is 0.136 e. The Hall–Kier alpha value is 1.88. The summed E-state index contributed by atoms with van der Waals surface area (Å²) in [5, 5.41) is 0. The Kier molecular flexibility index (Phi) is 24.4. The van der Waals surface area contributed by atoms with E-state index in [1.807, 2.05) is 13.8 Å². The Morgan fingerprint density at radius 2 is 1.09 bits per heavy atom. The van der Waals surface area contributed by atoms with E-state index in [-0.39, 0.29) is 29.6 Å². The van der Waals surface area contributed by atoms with Crippen molar-refractivity contribution in [2.45, 2.75) is 26.7 Å². The predicted molar refractivity (Wildman–Crippen MR) is 69.5 cm³/mol. The summed E-state index contributed by atoms with van der Waals surface area (Å²) < 4.78 is 1.56. The van der Waals surface area contributed by atoms with Crippen molar-refractivity contribution in [3.8, 4) is 0 Å². The van der Waals surface area contributed by atoms with Crippen molar-refractivity contribution in [2.24, 2.45) is 0 Å². The number of thiol groups is 2.